The number of carbonyl (C=O) groups excluding carboxylic acids is 3. The summed E-state index contributed by atoms with van der Waals surface area (Å²) >= 11 is 0. The molecule has 2 amide bonds. The average molecular weight is 321 g/mol. The number of hydrogen-bond acceptors (Lipinski definition) is 6. The smallest absolute Gasteiger partial charge is 0.413 e. The molecule has 0 unspecified atom stereocenters. The van der Waals surface area contributed by atoms with E-state index in [2.05, 4.69) is 4.74 Å². The van der Waals surface area contributed by atoms with Crippen molar-refractivity contribution in [3.8, 4) is 5.75 Å². The van der Waals surface area contributed by atoms with Gasteiger partial charge < -0.3 is 14.2 Å². The minimum absolute atomic E-state index is 0.143. The van der Waals surface area contributed by atoms with Gasteiger partial charge in [0.1, 0.15) is 5.75 Å². The number of carbonyl (C=O) groups is 3. The third-order valence-corrected chi connectivity index (χ3v) is 2.47. The van der Waals surface area contributed by atoms with Gasteiger partial charge in [-0.1, -0.05) is 12.1 Å². The van der Waals surface area contributed by atoms with Crippen molar-refractivity contribution in [2.45, 2.75) is 13.8 Å². The maximum Gasteiger partial charge on any atom is 0.413 e. The molecule has 0 bridgehead atoms. The van der Waals surface area contributed by atoms with Crippen LogP contribution in [0.5, 0.6) is 5.75 Å². The monoisotopic (exact) mass is 321 g/mol. The molecule has 0 saturated heterocycles. The average Bonchev–Trinajstić information content (AvgIpc) is 2.52. The first-order valence-electron chi connectivity index (χ1n) is 7.09. The summed E-state index contributed by atoms with van der Waals surface area (Å²) in [5.74, 6) is -0.716. The molecule has 7 nitrogen and oxygen atoms in total. The number of rotatable bonds is 7. The molecule has 7 heteroatoms. The molecule has 23 heavy (non-hydrogen) atoms. The summed E-state index contributed by atoms with van der Waals surface area (Å²) < 4.78 is 14.5. The molecule has 1 aromatic rings. The lowest BCUT2D eigenvalue weighted by Gasteiger charge is -2.04. The zero-order valence-corrected chi connectivity index (χ0v) is 13.0. The Labute approximate surface area is 134 Å². The molecular weight excluding hydrogens is 302 g/mol. The SMILES string of the molecule is CCOC(=O)NC(=O)COC(=O)/C=C/c1ccc(OCC)cc1. The minimum atomic E-state index is -0.876. The predicted molar refractivity (Wildman–Crippen MR) is 82.8 cm³/mol. The van der Waals surface area contributed by atoms with E-state index in [4.69, 9.17) is 9.47 Å². The summed E-state index contributed by atoms with van der Waals surface area (Å²) in [6, 6.07) is 7.12. The van der Waals surface area contributed by atoms with Crippen LogP contribution in [0.1, 0.15) is 19.4 Å². The molecule has 0 spiro atoms. The molecule has 0 atom stereocenters. The third kappa shape index (κ3) is 7.66. The molecule has 124 valence electrons. The predicted octanol–water partition coefficient (Wildman–Crippen LogP) is 1.91. The number of imide groups is 1. The number of alkyl carbamates (subject to hydrolysis) is 1. The van der Waals surface area contributed by atoms with Gasteiger partial charge >= 0.3 is 12.1 Å². The van der Waals surface area contributed by atoms with Gasteiger partial charge in [0.15, 0.2) is 6.61 Å². The van der Waals surface area contributed by atoms with Gasteiger partial charge in [0.25, 0.3) is 5.91 Å². The van der Waals surface area contributed by atoms with Crippen LogP contribution in [0.2, 0.25) is 0 Å². The quantitative estimate of drug-likeness (QED) is 0.609. The van der Waals surface area contributed by atoms with Crippen LogP contribution in [0.25, 0.3) is 6.08 Å². The molecular formula is C16H19NO6. The zero-order chi connectivity index (χ0) is 17.1. The normalized spacial score (nSPS) is 10.2. The highest BCUT2D eigenvalue weighted by molar-refractivity contribution is 5.94. The van der Waals surface area contributed by atoms with Crippen LogP contribution in [-0.2, 0) is 19.1 Å². The van der Waals surface area contributed by atoms with Crippen LogP contribution in [-0.4, -0.2) is 37.8 Å². The van der Waals surface area contributed by atoms with Gasteiger partial charge in [0.2, 0.25) is 0 Å². The Morgan fingerprint density at radius 2 is 1.74 bits per heavy atom. The van der Waals surface area contributed by atoms with Crippen molar-refractivity contribution in [1.82, 2.24) is 5.32 Å². The second kappa shape index (κ2) is 9.99. The standard InChI is InChI=1S/C16H19NO6/c1-3-21-13-8-5-12(6-9-13)7-10-15(19)23-11-14(18)17-16(20)22-4-2/h5-10H,3-4,11H2,1-2H3,(H,17,18,20)/b10-7+. The van der Waals surface area contributed by atoms with Crippen molar-refractivity contribution in [2.75, 3.05) is 19.8 Å². The lowest BCUT2D eigenvalue weighted by Crippen LogP contribution is -2.34. The van der Waals surface area contributed by atoms with E-state index in [1.54, 1.807) is 37.3 Å². The van der Waals surface area contributed by atoms with Crippen molar-refractivity contribution >= 4 is 24.0 Å². The first-order chi connectivity index (χ1) is 11.0. The van der Waals surface area contributed by atoms with E-state index in [0.717, 1.165) is 11.3 Å². The van der Waals surface area contributed by atoms with E-state index in [0.29, 0.717) is 6.61 Å². The Morgan fingerprint density at radius 3 is 2.35 bits per heavy atom. The van der Waals surface area contributed by atoms with E-state index in [9.17, 15) is 14.4 Å². The summed E-state index contributed by atoms with van der Waals surface area (Å²) in [4.78, 5) is 33.7. The Hall–Kier alpha value is -2.83. The second-order valence-electron chi connectivity index (χ2n) is 4.21. The second-order valence-corrected chi connectivity index (χ2v) is 4.21. The molecule has 0 aliphatic heterocycles. The molecule has 1 aromatic carbocycles. The Kier molecular flexibility index (Phi) is 7.91. The van der Waals surface area contributed by atoms with Gasteiger partial charge in [0.05, 0.1) is 13.2 Å². The van der Waals surface area contributed by atoms with Crippen LogP contribution >= 0.6 is 0 Å². The van der Waals surface area contributed by atoms with Crippen LogP contribution in [0.4, 0.5) is 4.79 Å². The minimum Gasteiger partial charge on any atom is -0.494 e. The summed E-state index contributed by atoms with van der Waals surface area (Å²) in [6.07, 6.45) is 1.85. The lowest BCUT2D eigenvalue weighted by molar-refractivity contribution is -0.143. The Bertz CT molecular complexity index is 564. The summed E-state index contributed by atoms with van der Waals surface area (Å²) in [5.41, 5.74) is 0.779. The first-order valence-corrected chi connectivity index (χ1v) is 7.09. The fourth-order valence-corrected chi connectivity index (χ4v) is 1.51. The number of benzene rings is 1. The molecule has 0 saturated carbocycles. The Balaban J connectivity index is 2.38. The molecule has 0 aromatic heterocycles. The van der Waals surface area contributed by atoms with Crippen LogP contribution in [0.3, 0.4) is 0 Å². The van der Waals surface area contributed by atoms with E-state index < -0.39 is 24.6 Å². The maximum atomic E-state index is 11.5. The number of hydrogen-bond donors (Lipinski definition) is 1. The van der Waals surface area contributed by atoms with E-state index >= 15 is 0 Å². The van der Waals surface area contributed by atoms with Crippen LogP contribution in [0, 0.1) is 0 Å². The molecule has 0 aliphatic rings. The maximum absolute atomic E-state index is 11.5. The van der Waals surface area contributed by atoms with Crippen molar-refractivity contribution in [3.63, 3.8) is 0 Å². The van der Waals surface area contributed by atoms with Crippen molar-refractivity contribution in [2.24, 2.45) is 0 Å². The molecule has 0 fully saturated rings. The van der Waals surface area contributed by atoms with E-state index in [1.807, 2.05) is 12.2 Å². The molecule has 1 N–H and O–H groups in total. The molecule has 0 aliphatic carbocycles. The van der Waals surface area contributed by atoms with Gasteiger partial charge in [-0.3, -0.25) is 10.1 Å². The summed E-state index contributed by atoms with van der Waals surface area (Å²) in [5, 5.41) is 1.91. The van der Waals surface area contributed by atoms with Crippen LogP contribution < -0.4 is 10.1 Å². The topological polar surface area (TPSA) is 90.9 Å². The van der Waals surface area contributed by atoms with Crippen molar-refractivity contribution in [3.05, 3.63) is 35.9 Å². The fraction of sp³-hybridized carbons (Fsp3) is 0.312. The number of amides is 2. The molecule has 1 rings (SSSR count). The highest BCUT2D eigenvalue weighted by atomic mass is 16.6. The highest BCUT2D eigenvalue weighted by Gasteiger charge is 2.09. The van der Waals surface area contributed by atoms with Crippen molar-refractivity contribution < 1.29 is 28.6 Å². The molecule has 0 radical (unpaired) electrons. The fourth-order valence-electron chi connectivity index (χ4n) is 1.51. The highest BCUT2D eigenvalue weighted by Crippen LogP contribution is 2.12. The van der Waals surface area contributed by atoms with Gasteiger partial charge in [-0.05, 0) is 37.6 Å². The first kappa shape index (κ1) is 18.2. The summed E-state index contributed by atoms with van der Waals surface area (Å²) in [7, 11) is 0. The molecule has 0 heterocycles. The summed E-state index contributed by atoms with van der Waals surface area (Å²) in [6.45, 7) is 3.65. The number of nitrogens with one attached hydrogen (secondary N) is 1. The lowest BCUT2D eigenvalue weighted by atomic mass is 10.2. The van der Waals surface area contributed by atoms with Gasteiger partial charge in [-0.25, -0.2) is 9.59 Å². The largest absolute Gasteiger partial charge is 0.494 e. The van der Waals surface area contributed by atoms with Gasteiger partial charge in [-0.15, -0.1) is 0 Å². The van der Waals surface area contributed by atoms with Gasteiger partial charge in [0, 0.05) is 6.08 Å². The van der Waals surface area contributed by atoms with Crippen molar-refractivity contribution in [1.29, 1.82) is 0 Å². The van der Waals surface area contributed by atoms with E-state index in [-0.39, 0.29) is 6.61 Å². The Morgan fingerprint density at radius 1 is 1.04 bits per heavy atom. The number of ether oxygens (including phenoxy) is 3. The zero-order valence-electron chi connectivity index (χ0n) is 13.0. The van der Waals surface area contributed by atoms with E-state index in [1.165, 1.54) is 6.08 Å². The third-order valence-electron chi connectivity index (χ3n) is 2.47. The van der Waals surface area contributed by atoms with Gasteiger partial charge in [-0.2, -0.15) is 0 Å². The van der Waals surface area contributed by atoms with Crippen LogP contribution in [0.15, 0.2) is 30.3 Å². The number of esters is 1.